The number of carbonyl (C=O) groups excluding carboxylic acids is 1. The Labute approximate surface area is 170 Å². The Balaban J connectivity index is 2.13. The molecule has 2 aromatic carbocycles. The van der Waals surface area contributed by atoms with E-state index in [4.69, 9.17) is 4.84 Å². The van der Waals surface area contributed by atoms with Crippen molar-refractivity contribution in [3.63, 3.8) is 0 Å². The fraction of sp³-hybridized carbons (Fsp3) is 0.100. The maximum Gasteiger partial charge on any atom is 0.434 e. The van der Waals surface area contributed by atoms with Crippen LogP contribution in [0.15, 0.2) is 77.8 Å². The van der Waals surface area contributed by atoms with Crippen molar-refractivity contribution in [2.45, 2.75) is 11.1 Å². The van der Waals surface area contributed by atoms with E-state index in [-0.39, 0.29) is 16.3 Å². The number of alkyl halides is 3. The number of nitrogens with zero attached hydrogens (tertiary/aromatic N) is 2. The fourth-order valence-corrected chi connectivity index (χ4v) is 3.21. The Morgan fingerprint density at radius 2 is 1.70 bits per heavy atom. The largest absolute Gasteiger partial charge is 0.434 e. The Morgan fingerprint density at radius 1 is 1.00 bits per heavy atom. The number of carbonyl (C=O) groups is 1. The van der Waals surface area contributed by atoms with Gasteiger partial charge >= 0.3 is 6.18 Å². The maximum atomic E-state index is 13.4. The molecule has 0 fully saturated rings. The molecule has 1 heterocycles. The van der Waals surface area contributed by atoms with Crippen LogP contribution < -0.4 is 9.90 Å². The number of pyridine rings is 1. The summed E-state index contributed by atoms with van der Waals surface area (Å²) in [5.41, 5.74) is -2.19. The standard InChI is InChI=1S/C20H15F3N2O4S/c1-30(27,28)16-10-5-7-14(13-16)25(29-15-8-3-2-4-9-15)19(26)17-11-6-12-24-18(17)20(21,22)23/h2-13H,1H3. The van der Waals surface area contributed by atoms with Crippen molar-refractivity contribution in [2.24, 2.45) is 0 Å². The molecule has 6 nitrogen and oxygen atoms in total. The summed E-state index contributed by atoms with van der Waals surface area (Å²) in [6.07, 6.45) is -2.98. The van der Waals surface area contributed by atoms with E-state index >= 15 is 0 Å². The van der Waals surface area contributed by atoms with Crippen LogP contribution in [0.5, 0.6) is 5.75 Å². The zero-order chi connectivity index (χ0) is 21.9. The molecule has 0 saturated heterocycles. The smallest absolute Gasteiger partial charge is 0.372 e. The first kappa shape index (κ1) is 21.3. The normalized spacial score (nSPS) is 11.7. The minimum absolute atomic E-state index is 0.0660. The number of halogens is 3. The van der Waals surface area contributed by atoms with Gasteiger partial charge in [-0.1, -0.05) is 24.3 Å². The first-order valence-electron chi connectivity index (χ1n) is 8.47. The molecular weight excluding hydrogens is 421 g/mol. The summed E-state index contributed by atoms with van der Waals surface area (Å²) in [4.78, 5) is 21.8. The van der Waals surface area contributed by atoms with Gasteiger partial charge in [0.2, 0.25) is 0 Å². The predicted molar refractivity (Wildman–Crippen MR) is 103 cm³/mol. The quantitative estimate of drug-likeness (QED) is 0.562. The first-order valence-corrected chi connectivity index (χ1v) is 10.4. The molecule has 0 saturated carbocycles. The second kappa shape index (κ2) is 8.15. The number of hydroxylamine groups is 1. The number of para-hydroxylation sites is 1. The molecule has 0 unspecified atom stereocenters. The van der Waals surface area contributed by atoms with Gasteiger partial charge in [-0.25, -0.2) is 8.42 Å². The molecule has 1 amide bonds. The molecule has 30 heavy (non-hydrogen) atoms. The maximum absolute atomic E-state index is 13.4. The molecule has 0 aliphatic rings. The number of hydrogen-bond acceptors (Lipinski definition) is 5. The SMILES string of the molecule is CS(=O)(=O)c1cccc(N(Oc2ccccc2)C(=O)c2cccnc2C(F)(F)F)c1. The minimum atomic E-state index is -4.88. The van der Waals surface area contributed by atoms with Crippen LogP contribution in [0.2, 0.25) is 0 Å². The van der Waals surface area contributed by atoms with Gasteiger partial charge in [-0.05, 0) is 42.5 Å². The van der Waals surface area contributed by atoms with E-state index in [1.807, 2.05) is 0 Å². The van der Waals surface area contributed by atoms with Gasteiger partial charge in [0.05, 0.1) is 16.1 Å². The van der Waals surface area contributed by atoms with E-state index < -0.39 is 33.2 Å². The van der Waals surface area contributed by atoms with E-state index in [2.05, 4.69) is 4.98 Å². The van der Waals surface area contributed by atoms with E-state index in [0.29, 0.717) is 5.06 Å². The molecule has 0 N–H and O–H groups in total. The summed E-state index contributed by atoms with van der Waals surface area (Å²) >= 11 is 0. The average Bonchev–Trinajstić information content (AvgIpc) is 2.71. The third kappa shape index (κ3) is 4.77. The van der Waals surface area contributed by atoms with Gasteiger partial charge in [-0.3, -0.25) is 9.78 Å². The number of amides is 1. The Morgan fingerprint density at radius 3 is 2.33 bits per heavy atom. The molecule has 10 heteroatoms. The van der Waals surface area contributed by atoms with Gasteiger partial charge in [-0.2, -0.15) is 13.2 Å². The second-order valence-corrected chi connectivity index (χ2v) is 8.19. The molecule has 0 aliphatic carbocycles. The van der Waals surface area contributed by atoms with E-state index in [1.165, 1.54) is 36.4 Å². The van der Waals surface area contributed by atoms with Crippen LogP contribution in [0.1, 0.15) is 16.1 Å². The average molecular weight is 436 g/mol. The van der Waals surface area contributed by atoms with Gasteiger partial charge in [0.15, 0.2) is 21.3 Å². The zero-order valence-corrected chi connectivity index (χ0v) is 16.3. The molecule has 0 aliphatic heterocycles. The van der Waals surface area contributed by atoms with E-state index in [0.717, 1.165) is 24.6 Å². The summed E-state index contributed by atoms with van der Waals surface area (Å²) in [5, 5.41) is 0.607. The Hall–Kier alpha value is -3.40. The Bertz CT molecular complexity index is 1170. The summed E-state index contributed by atoms with van der Waals surface area (Å²) < 4.78 is 63.9. The monoisotopic (exact) mass is 436 g/mol. The third-order valence-corrected chi connectivity index (χ3v) is 5.02. The zero-order valence-electron chi connectivity index (χ0n) is 15.5. The van der Waals surface area contributed by atoms with Crippen molar-refractivity contribution in [1.29, 1.82) is 0 Å². The van der Waals surface area contributed by atoms with Crippen LogP contribution >= 0.6 is 0 Å². The van der Waals surface area contributed by atoms with Crippen LogP contribution in [0.25, 0.3) is 0 Å². The molecule has 0 radical (unpaired) electrons. The van der Waals surface area contributed by atoms with Crippen LogP contribution in [-0.4, -0.2) is 25.6 Å². The number of sulfone groups is 1. The molecule has 0 atom stereocenters. The second-order valence-electron chi connectivity index (χ2n) is 6.17. The van der Waals surface area contributed by atoms with Crippen molar-refractivity contribution in [3.05, 3.63) is 84.2 Å². The topological polar surface area (TPSA) is 76.6 Å². The first-order chi connectivity index (χ1) is 14.1. The van der Waals surface area contributed by atoms with Gasteiger partial charge in [0.25, 0.3) is 5.91 Å². The van der Waals surface area contributed by atoms with Crippen LogP contribution in [0, 0.1) is 0 Å². The van der Waals surface area contributed by atoms with Crippen molar-refractivity contribution < 1.29 is 31.2 Å². The molecular formula is C20H15F3N2O4S. The summed E-state index contributed by atoms with van der Waals surface area (Å²) in [6, 6.07) is 15.2. The van der Waals surface area contributed by atoms with Crippen LogP contribution in [-0.2, 0) is 16.0 Å². The number of aromatic nitrogens is 1. The van der Waals surface area contributed by atoms with Gasteiger partial charge in [0.1, 0.15) is 0 Å². The summed E-state index contributed by atoms with van der Waals surface area (Å²) in [5.74, 6) is -1.00. The highest BCUT2D eigenvalue weighted by molar-refractivity contribution is 7.90. The third-order valence-electron chi connectivity index (χ3n) is 3.91. The highest BCUT2D eigenvalue weighted by Gasteiger charge is 2.38. The van der Waals surface area contributed by atoms with Crippen molar-refractivity contribution >= 4 is 21.4 Å². The highest BCUT2D eigenvalue weighted by atomic mass is 32.2. The van der Waals surface area contributed by atoms with E-state index in [1.54, 1.807) is 18.2 Å². The molecule has 0 bridgehead atoms. The number of rotatable bonds is 5. The van der Waals surface area contributed by atoms with Gasteiger partial charge in [0, 0.05) is 12.5 Å². The van der Waals surface area contributed by atoms with Crippen molar-refractivity contribution in [2.75, 3.05) is 11.3 Å². The Kier molecular flexibility index (Phi) is 5.79. The lowest BCUT2D eigenvalue weighted by Crippen LogP contribution is -2.36. The number of benzene rings is 2. The van der Waals surface area contributed by atoms with Crippen LogP contribution in [0.3, 0.4) is 0 Å². The molecule has 3 aromatic rings. The summed E-state index contributed by atoms with van der Waals surface area (Å²) in [7, 11) is -3.64. The summed E-state index contributed by atoms with van der Waals surface area (Å²) in [6.45, 7) is 0. The molecule has 0 spiro atoms. The van der Waals surface area contributed by atoms with Crippen molar-refractivity contribution in [1.82, 2.24) is 4.98 Å². The van der Waals surface area contributed by atoms with Gasteiger partial charge in [-0.15, -0.1) is 5.06 Å². The van der Waals surface area contributed by atoms with Crippen LogP contribution in [0.4, 0.5) is 18.9 Å². The number of anilines is 1. The minimum Gasteiger partial charge on any atom is -0.372 e. The lowest BCUT2D eigenvalue weighted by Gasteiger charge is -2.24. The fourth-order valence-electron chi connectivity index (χ4n) is 2.55. The van der Waals surface area contributed by atoms with Crippen molar-refractivity contribution in [3.8, 4) is 5.75 Å². The number of hydrogen-bond donors (Lipinski definition) is 0. The molecule has 156 valence electrons. The molecule has 1 aromatic heterocycles. The van der Waals surface area contributed by atoms with E-state index in [9.17, 15) is 26.4 Å². The lowest BCUT2D eigenvalue weighted by atomic mass is 10.1. The molecule has 3 rings (SSSR count). The van der Waals surface area contributed by atoms with Gasteiger partial charge < -0.3 is 4.84 Å². The lowest BCUT2D eigenvalue weighted by molar-refractivity contribution is -0.141. The highest BCUT2D eigenvalue weighted by Crippen LogP contribution is 2.32. The predicted octanol–water partition coefficient (Wildman–Crippen LogP) is 4.14.